The van der Waals surface area contributed by atoms with E-state index in [1.54, 1.807) is 0 Å². The average molecular weight is 119 g/mol. The Morgan fingerprint density at radius 3 is 1.67 bits per heavy atom. The summed E-state index contributed by atoms with van der Waals surface area (Å²) in [4.78, 5) is 0. The Labute approximate surface area is 54.7 Å². The van der Waals surface area contributed by atoms with E-state index in [2.05, 4.69) is 6.07 Å². The molecule has 0 saturated heterocycles. The Kier molecular flexibility index (Phi) is 0.399. The molecule has 0 aromatic heterocycles. The molecule has 0 bridgehead atoms. The van der Waals surface area contributed by atoms with Gasteiger partial charge in [-0.1, -0.05) is 0 Å². The summed E-state index contributed by atoms with van der Waals surface area (Å²) in [6, 6.07) is 2.44. The molecule has 0 unspecified atom stereocenters. The minimum atomic E-state index is 0.491. The number of nitrogens with zero attached hydrogens (tertiary/aromatic N) is 1. The number of fused-ring (bicyclic) bond motifs is 1. The van der Waals surface area contributed by atoms with Crippen molar-refractivity contribution in [2.75, 3.05) is 0 Å². The molecular weight excluding hydrogens is 110 g/mol. The van der Waals surface area contributed by atoms with Crippen LogP contribution in [0.15, 0.2) is 0 Å². The summed E-state index contributed by atoms with van der Waals surface area (Å²) in [5.41, 5.74) is 1.23. The molecule has 0 aromatic carbocycles. The van der Waals surface area contributed by atoms with Crippen molar-refractivity contribution in [3.63, 3.8) is 0 Å². The molecule has 3 rings (SSSR count). The molecule has 46 valence electrons. The molecule has 3 fully saturated rings. The van der Waals surface area contributed by atoms with E-state index < -0.39 is 0 Å². The van der Waals surface area contributed by atoms with Crippen LogP contribution in [0.5, 0.6) is 0 Å². The van der Waals surface area contributed by atoms with Gasteiger partial charge >= 0.3 is 0 Å². The fraction of sp³-hybridized carbons (Fsp3) is 0.875. The van der Waals surface area contributed by atoms with E-state index in [9.17, 15) is 0 Å². The molecule has 0 heterocycles. The van der Waals surface area contributed by atoms with Crippen LogP contribution in [0, 0.1) is 28.1 Å². The van der Waals surface area contributed by atoms with Crippen LogP contribution in [-0.4, -0.2) is 0 Å². The SMILES string of the molecule is N#CC1C2(CC2)C12CC2. The Hall–Kier alpha value is -0.510. The molecule has 1 nitrogen and oxygen atoms in total. The predicted molar refractivity (Wildman–Crippen MR) is 32.4 cm³/mol. The molecule has 0 aromatic rings. The van der Waals surface area contributed by atoms with Gasteiger partial charge in [0.05, 0.1) is 12.0 Å². The van der Waals surface area contributed by atoms with E-state index in [1.165, 1.54) is 25.7 Å². The highest BCUT2D eigenvalue weighted by molar-refractivity contribution is 5.39. The van der Waals surface area contributed by atoms with Gasteiger partial charge in [-0.3, -0.25) is 0 Å². The zero-order valence-electron chi connectivity index (χ0n) is 5.35. The highest BCUT2D eigenvalue weighted by Gasteiger charge is 2.87. The molecule has 3 aliphatic rings. The summed E-state index contributed by atoms with van der Waals surface area (Å²) in [7, 11) is 0. The van der Waals surface area contributed by atoms with Crippen molar-refractivity contribution in [1.29, 1.82) is 5.26 Å². The van der Waals surface area contributed by atoms with Crippen molar-refractivity contribution in [1.82, 2.24) is 0 Å². The van der Waals surface area contributed by atoms with Gasteiger partial charge in [-0.15, -0.1) is 0 Å². The number of nitriles is 1. The van der Waals surface area contributed by atoms with Gasteiger partial charge in [0, 0.05) is 0 Å². The third-order valence-corrected chi connectivity index (χ3v) is 3.72. The van der Waals surface area contributed by atoms with Gasteiger partial charge in [-0.2, -0.15) is 5.26 Å². The summed E-state index contributed by atoms with van der Waals surface area (Å²) in [5, 5.41) is 8.71. The molecule has 0 N–H and O–H groups in total. The smallest absolute Gasteiger partial charge is 0.0667 e. The largest absolute Gasteiger partial charge is 0.198 e. The first-order valence-corrected chi connectivity index (χ1v) is 3.75. The van der Waals surface area contributed by atoms with Gasteiger partial charge in [0.15, 0.2) is 0 Å². The summed E-state index contributed by atoms with van der Waals surface area (Å²) in [6.45, 7) is 0. The highest BCUT2D eigenvalue weighted by atomic mass is 14.9. The molecule has 1 heteroatoms. The monoisotopic (exact) mass is 119 g/mol. The molecule has 3 saturated carbocycles. The Morgan fingerprint density at radius 1 is 1.11 bits per heavy atom. The van der Waals surface area contributed by atoms with E-state index in [4.69, 9.17) is 5.26 Å². The molecule has 0 aliphatic heterocycles. The first-order valence-electron chi connectivity index (χ1n) is 3.75. The molecular formula is C8H9N. The first-order chi connectivity index (χ1) is 4.36. The third kappa shape index (κ3) is 0.243. The van der Waals surface area contributed by atoms with Gasteiger partial charge in [0.2, 0.25) is 0 Å². The van der Waals surface area contributed by atoms with Crippen molar-refractivity contribution < 1.29 is 0 Å². The number of rotatable bonds is 0. The quantitative estimate of drug-likeness (QED) is 0.476. The molecule has 0 amide bonds. The molecule has 0 radical (unpaired) electrons. The summed E-state index contributed by atoms with van der Waals surface area (Å²) < 4.78 is 0. The fourth-order valence-electron chi connectivity index (χ4n) is 2.83. The first kappa shape index (κ1) is 4.33. The van der Waals surface area contributed by atoms with Crippen LogP contribution < -0.4 is 0 Å². The fourth-order valence-corrected chi connectivity index (χ4v) is 2.83. The van der Waals surface area contributed by atoms with Crippen LogP contribution in [0.25, 0.3) is 0 Å². The molecule has 0 atom stereocenters. The van der Waals surface area contributed by atoms with Gasteiger partial charge in [-0.05, 0) is 36.5 Å². The third-order valence-electron chi connectivity index (χ3n) is 3.72. The van der Waals surface area contributed by atoms with Crippen molar-refractivity contribution in [2.45, 2.75) is 25.7 Å². The Bertz CT molecular complexity index is 197. The van der Waals surface area contributed by atoms with Gasteiger partial charge in [0.25, 0.3) is 0 Å². The second kappa shape index (κ2) is 0.831. The average Bonchev–Trinajstić information content (AvgIpc) is 2.56. The highest BCUT2D eigenvalue weighted by Crippen LogP contribution is 2.92. The van der Waals surface area contributed by atoms with Crippen LogP contribution in [0.4, 0.5) is 0 Å². The van der Waals surface area contributed by atoms with Gasteiger partial charge in [-0.25, -0.2) is 0 Å². The maximum atomic E-state index is 8.71. The van der Waals surface area contributed by atoms with E-state index in [0.717, 1.165) is 0 Å². The van der Waals surface area contributed by atoms with Crippen LogP contribution >= 0.6 is 0 Å². The normalized spacial score (nSPS) is 44.6. The summed E-state index contributed by atoms with van der Waals surface area (Å²) in [6.07, 6.45) is 5.47. The lowest BCUT2D eigenvalue weighted by molar-refractivity contribution is 0.716. The second-order valence-electron chi connectivity index (χ2n) is 3.87. The van der Waals surface area contributed by atoms with Crippen molar-refractivity contribution in [3.8, 4) is 6.07 Å². The Balaban J connectivity index is 2.04. The number of hydrogen-bond donors (Lipinski definition) is 0. The van der Waals surface area contributed by atoms with E-state index in [1.807, 2.05) is 0 Å². The standard InChI is InChI=1S/C8H9N/c9-5-6-7(1-2-7)8(6)3-4-8/h6H,1-4H2. The molecule has 2 spiro atoms. The van der Waals surface area contributed by atoms with E-state index in [0.29, 0.717) is 16.7 Å². The van der Waals surface area contributed by atoms with E-state index >= 15 is 0 Å². The Morgan fingerprint density at radius 2 is 1.56 bits per heavy atom. The lowest BCUT2D eigenvalue weighted by Crippen LogP contribution is -1.70. The second-order valence-corrected chi connectivity index (χ2v) is 3.87. The zero-order chi connectivity index (χ0) is 6.11. The minimum absolute atomic E-state index is 0.491. The lowest BCUT2D eigenvalue weighted by atomic mass is 10.3. The molecule has 3 aliphatic carbocycles. The van der Waals surface area contributed by atoms with Crippen molar-refractivity contribution >= 4 is 0 Å². The van der Waals surface area contributed by atoms with Crippen LogP contribution in [0.2, 0.25) is 0 Å². The maximum absolute atomic E-state index is 8.71. The molecule has 9 heavy (non-hydrogen) atoms. The number of hydrogen-bond acceptors (Lipinski definition) is 1. The maximum Gasteiger partial charge on any atom is 0.0667 e. The van der Waals surface area contributed by atoms with Crippen LogP contribution in [0.1, 0.15) is 25.7 Å². The van der Waals surface area contributed by atoms with Crippen molar-refractivity contribution in [2.24, 2.45) is 16.7 Å². The topological polar surface area (TPSA) is 23.8 Å². The van der Waals surface area contributed by atoms with Gasteiger partial charge < -0.3 is 0 Å². The summed E-state index contributed by atoms with van der Waals surface area (Å²) in [5.74, 6) is 0.491. The predicted octanol–water partition coefficient (Wildman–Crippen LogP) is 1.70. The van der Waals surface area contributed by atoms with Crippen LogP contribution in [0.3, 0.4) is 0 Å². The zero-order valence-corrected chi connectivity index (χ0v) is 5.35. The van der Waals surface area contributed by atoms with E-state index in [-0.39, 0.29) is 0 Å². The van der Waals surface area contributed by atoms with Gasteiger partial charge in [0.1, 0.15) is 0 Å². The van der Waals surface area contributed by atoms with Crippen molar-refractivity contribution in [3.05, 3.63) is 0 Å². The minimum Gasteiger partial charge on any atom is -0.198 e. The van der Waals surface area contributed by atoms with Crippen LogP contribution in [-0.2, 0) is 0 Å². The summed E-state index contributed by atoms with van der Waals surface area (Å²) >= 11 is 0. The lowest BCUT2D eigenvalue weighted by Gasteiger charge is -1.75.